The third-order valence-electron chi connectivity index (χ3n) is 5.40. The molecule has 3 fully saturated rings. The number of fused-ring (bicyclic) bond motifs is 3. The Bertz CT molecular complexity index is 404. The Morgan fingerprint density at radius 2 is 2.11 bits per heavy atom. The highest BCUT2D eigenvalue weighted by molar-refractivity contribution is 6.74. The van der Waals surface area contributed by atoms with Gasteiger partial charge < -0.3 is 14.1 Å². The first-order valence-corrected chi connectivity index (χ1v) is 10.2. The summed E-state index contributed by atoms with van der Waals surface area (Å²) in [5.41, 5.74) is 0. The molecule has 0 spiro atoms. The van der Waals surface area contributed by atoms with Crippen molar-refractivity contribution in [1.29, 1.82) is 0 Å². The number of hydrogen-bond acceptors (Lipinski definition) is 3. The van der Waals surface area contributed by atoms with Crippen LogP contribution in [0.1, 0.15) is 27.2 Å². The van der Waals surface area contributed by atoms with Gasteiger partial charge in [-0.05, 0) is 18.1 Å². The Balaban J connectivity index is 1.63. The number of morpholine rings is 1. The minimum absolute atomic E-state index is 0.226. The van der Waals surface area contributed by atoms with Gasteiger partial charge >= 0.3 is 0 Å². The van der Waals surface area contributed by atoms with Crippen LogP contribution in [0.2, 0.25) is 18.1 Å². The minimum atomic E-state index is -1.72. The number of hydrogen-bond donors (Lipinski definition) is 0. The first kappa shape index (κ1) is 13.6. The van der Waals surface area contributed by atoms with Gasteiger partial charge in [0.25, 0.3) is 0 Å². The van der Waals surface area contributed by atoms with Crippen molar-refractivity contribution in [2.24, 2.45) is 5.92 Å². The van der Waals surface area contributed by atoms with Gasteiger partial charge in [-0.2, -0.15) is 0 Å². The van der Waals surface area contributed by atoms with Crippen LogP contribution < -0.4 is 0 Å². The largest absolute Gasteiger partial charge is 0.416 e. The average Bonchev–Trinajstić information content (AvgIpc) is 2.82. The van der Waals surface area contributed by atoms with Gasteiger partial charge in [0.2, 0.25) is 5.91 Å². The lowest BCUT2D eigenvalue weighted by Gasteiger charge is -2.37. The van der Waals surface area contributed by atoms with E-state index in [2.05, 4.69) is 33.9 Å². The first-order valence-electron chi connectivity index (χ1n) is 7.29. The standard InChI is InChI=1S/C14H25NO3Si/c1-14(2,3)19(4,5)17-8-9-6-11(16)15-7-10-13(18-10)12(9)15/h9-10,12-13H,6-8H2,1-5H3/t9-,10+,12+,13+/m1/s1. The number of amides is 1. The highest BCUT2D eigenvalue weighted by atomic mass is 28.4. The second kappa shape index (κ2) is 4.05. The third kappa shape index (κ3) is 2.16. The Labute approximate surface area is 116 Å². The summed E-state index contributed by atoms with van der Waals surface area (Å²) in [4.78, 5) is 14.0. The summed E-state index contributed by atoms with van der Waals surface area (Å²) in [5.74, 6) is 0.628. The maximum Gasteiger partial charge on any atom is 0.223 e. The van der Waals surface area contributed by atoms with Crippen LogP contribution in [0.4, 0.5) is 0 Å². The third-order valence-corrected chi connectivity index (χ3v) is 9.90. The number of ether oxygens (including phenoxy) is 1. The molecule has 0 bridgehead atoms. The molecule has 0 aromatic carbocycles. The van der Waals surface area contributed by atoms with Crippen molar-refractivity contribution in [3.05, 3.63) is 0 Å². The Hall–Kier alpha value is -0.393. The Morgan fingerprint density at radius 3 is 2.74 bits per heavy atom. The molecule has 3 aliphatic rings. The summed E-state index contributed by atoms with van der Waals surface area (Å²) < 4.78 is 11.9. The SMILES string of the molecule is CC(C)(C)[Si](C)(C)OC[C@H]1CC(=O)N2C[C@@H]3O[C@@H]3[C@H]12. The van der Waals surface area contributed by atoms with Gasteiger partial charge in [-0.3, -0.25) is 4.79 Å². The molecule has 5 heteroatoms. The number of carbonyl (C=O) groups is 1. The summed E-state index contributed by atoms with van der Waals surface area (Å²) in [5, 5.41) is 0.226. The minimum Gasteiger partial charge on any atom is -0.416 e. The van der Waals surface area contributed by atoms with E-state index in [9.17, 15) is 4.79 Å². The molecule has 4 nitrogen and oxygen atoms in total. The molecule has 0 radical (unpaired) electrons. The van der Waals surface area contributed by atoms with E-state index in [-0.39, 0.29) is 5.04 Å². The van der Waals surface area contributed by atoms with Gasteiger partial charge in [0.05, 0.1) is 6.04 Å². The molecule has 0 saturated carbocycles. The van der Waals surface area contributed by atoms with Gasteiger partial charge in [0.15, 0.2) is 8.32 Å². The molecular formula is C14H25NO3Si. The van der Waals surface area contributed by atoms with Crippen molar-refractivity contribution in [1.82, 2.24) is 4.90 Å². The van der Waals surface area contributed by atoms with E-state index >= 15 is 0 Å². The summed E-state index contributed by atoms with van der Waals surface area (Å²) in [6, 6.07) is 0.294. The molecule has 0 N–H and O–H groups in total. The van der Waals surface area contributed by atoms with E-state index in [0.717, 1.165) is 13.2 Å². The molecule has 1 amide bonds. The zero-order chi connectivity index (χ0) is 14.0. The molecule has 3 heterocycles. The van der Waals surface area contributed by atoms with Crippen LogP contribution in [0.3, 0.4) is 0 Å². The number of nitrogens with zero attached hydrogens (tertiary/aromatic N) is 1. The Kier molecular flexibility index (Phi) is 2.90. The molecule has 0 aromatic rings. The van der Waals surface area contributed by atoms with Gasteiger partial charge in [0, 0.05) is 25.5 Å². The fraction of sp³-hybridized carbons (Fsp3) is 0.929. The average molecular weight is 283 g/mol. The molecule has 3 saturated heterocycles. The van der Waals surface area contributed by atoms with Gasteiger partial charge in [-0.15, -0.1) is 0 Å². The van der Waals surface area contributed by atoms with E-state index < -0.39 is 8.32 Å². The van der Waals surface area contributed by atoms with E-state index in [4.69, 9.17) is 9.16 Å². The number of carbonyl (C=O) groups excluding carboxylic acids is 1. The maximum atomic E-state index is 12.0. The zero-order valence-corrected chi connectivity index (χ0v) is 13.6. The number of rotatable bonds is 3. The van der Waals surface area contributed by atoms with E-state index in [1.54, 1.807) is 0 Å². The zero-order valence-electron chi connectivity index (χ0n) is 12.6. The van der Waals surface area contributed by atoms with E-state index in [0.29, 0.717) is 36.5 Å². The highest BCUT2D eigenvalue weighted by Gasteiger charge is 2.61. The van der Waals surface area contributed by atoms with Crippen LogP contribution in [-0.4, -0.2) is 50.5 Å². The molecule has 0 unspecified atom stereocenters. The van der Waals surface area contributed by atoms with Crippen molar-refractivity contribution < 1.29 is 14.0 Å². The van der Waals surface area contributed by atoms with Crippen molar-refractivity contribution in [3.8, 4) is 0 Å². The predicted octanol–water partition coefficient (Wildman–Crippen LogP) is 2.01. The van der Waals surface area contributed by atoms with Crippen LogP contribution in [-0.2, 0) is 14.0 Å². The maximum absolute atomic E-state index is 12.0. The van der Waals surface area contributed by atoms with Crippen LogP contribution in [0.25, 0.3) is 0 Å². The van der Waals surface area contributed by atoms with Crippen LogP contribution >= 0.6 is 0 Å². The van der Waals surface area contributed by atoms with E-state index in [1.807, 2.05) is 4.90 Å². The van der Waals surface area contributed by atoms with Crippen molar-refractivity contribution >= 4 is 14.2 Å². The van der Waals surface area contributed by atoms with Crippen LogP contribution in [0, 0.1) is 5.92 Å². The second-order valence-electron chi connectivity index (χ2n) is 7.71. The van der Waals surface area contributed by atoms with Gasteiger partial charge in [-0.25, -0.2) is 0 Å². The molecule has 0 aliphatic carbocycles. The van der Waals surface area contributed by atoms with Gasteiger partial charge in [-0.1, -0.05) is 20.8 Å². The lowest BCUT2D eigenvalue weighted by molar-refractivity contribution is -0.129. The Morgan fingerprint density at radius 1 is 1.42 bits per heavy atom. The topological polar surface area (TPSA) is 42.1 Å². The molecule has 4 atom stereocenters. The van der Waals surface area contributed by atoms with Crippen LogP contribution in [0.5, 0.6) is 0 Å². The molecule has 108 valence electrons. The number of epoxide rings is 1. The monoisotopic (exact) mass is 283 g/mol. The normalized spacial score (nSPS) is 37.5. The van der Waals surface area contributed by atoms with Gasteiger partial charge in [0.1, 0.15) is 12.2 Å². The fourth-order valence-corrected chi connectivity index (χ4v) is 4.10. The molecule has 3 rings (SSSR count). The van der Waals surface area contributed by atoms with Crippen molar-refractivity contribution in [3.63, 3.8) is 0 Å². The smallest absolute Gasteiger partial charge is 0.223 e. The highest BCUT2D eigenvalue weighted by Crippen LogP contribution is 2.45. The first-order chi connectivity index (χ1) is 8.71. The predicted molar refractivity (Wildman–Crippen MR) is 75.4 cm³/mol. The molecule has 19 heavy (non-hydrogen) atoms. The summed E-state index contributed by atoms with van der Waals surface area (Å²) in [6.07, 6.45) is 1.27. The lowest BCUT2D eigenvalue weighted by atomic mass is 9.99. The molecule has 0 aromatic heterocycles. The lowest BCUT2D eigenvalue weighted by Crippen LogP contribution is -2.43. The van der Waals surface area contributed by atoms with Crippen LogP contribution in [0.15, 0.2) is 0 Å². The quantitative estimate of drug-likeness (QED) is 0.588. The summed E-state index contributed by atoms with van der Waals surface area (Å²) >= 11 is 0. The summed E-state index contributed by atoms with van der Waals surface area (Å²) in [7, 11) is -1.72. The van der Waals surface area contributed by atoms with E-state index in [1.165, 1.54) is 0 Å². The second-order valence-corrected chi connectivity index (χ2v) is 12.5. The molecule has 3 aliphatic heterocycles. The molecular weight excluding hydrogens is 258 g/mol. The summed E-state index contributed by atoms with van der Waals surface area (Å²) in [6.45, 7) is 12.8. The fourth-order valence-electron chi connectivity index (χ4n) is 3.04. The van der Waals surface area contributed by atoms with Crippen molar-refractivity contribution in [2.45, 2.75) is 63.6 Å². The van der Waals surface area contributed by atoms with Crippen molar-refractivity contribution in [2.75, 3.05) is 13.2 Å².